The van der Waals surface area contributed by atoms with E-state index in [1.165, 1.54) is 12.0 Å². The first kappa shape index (κ1) is 12.5. The van der Waals surface area contributed by atoms with Crippen LogP contribution in [0.2, 0.25) is 0 Å². The lowest BCUT2D eigenvalue weighted by molar-refractivity contribution is 0.0684. The normalized spacial score (nSPS) is 22.6. The molecule has 0 aromatic heterocycles. The molecule has 1 aromatic rings. The molecule has 1 saturated heterocycles. The highest BCUT2D eigenvalue weighted by Gasteiger charge is 2.25. The van der Waals surface area contributed by atoms with Crippen molar-refractivity contribution < 1.29 is 4.79 Å². The third-order valence-electron chi connectivity index (χ3n) is 4.25. The van der Waals surface area contributed by atoms with Gasteiger partial charge in [0, 0.05) is 19.6 Å². The van der Waals surface area contributed by atoms with Crippen molar-refractivity contribution in [2.24, 2.45) is 5.92 Å². The molecule has 2 heterocycles. The molecule has 1 unspecified atom stereocenters. The number of aryl methyl sites for hydroxylation is 1. The van der Waals surface area contributed by atoms with E-state index in [4.69, 9.17) is 0 Å². The Morgan fingerprint density at radius 1 is 1.37 bits per heavy atom. The van der Waals surface area contributed by atoms with Gasteiger partial charge in [0.2, 0.25) is 0 Å². The van der Waals surface area contributed by atoms with Crippen LogP contribution in [0.4, 0.5) is 5.69 Å². The molecule has 3 heteroatoms. The van der Waals surface area contributed by atoms with Crippen LogP contribution in [-0.4, -0.2) is 30.4 Å². The van der Waals surface area contributed by atoms with Gasteiger partial charge in [-0.25, -0.2) is 0 Å². The predicted molar refractivity (Wildman–Crippen MR) is 77.6 cm³/mol. The Kier molecular flexibility index (Phi) is 3.45. The summed E-state index contributed by atoms with van der Waals surface area (Å²) in [7, 11) is 0. The van der Waals surface area contributed by atoms with Crippen molar-refractivity contribution in [1.29, 1.82) is 0 Å². The first-order valence-electron chi connectivity index (χ1n) is 7.41. The van der Waals surface area contributed by atoms with E-state index in [0.717, 1.165) is 50.1 Å². The lowest BCUT2D eigenvalue weighted by atomic mass is 9.96. The summed E-state index contributed by atoms with van der Waals surface area (Å²) in [6.45, 7) is 5.03. The largest absolute Gasteiger partial charge is 0.384 e. The molecule has 2 aliphatic rings. The summed E-state index contributed by atoms with van der Waals surface area (Å²) >= 11 is 0. The average Bonchev–Trinajstić information content (AvgIpc) is 2.46. The van der Waals surface area contributed by atoms with Crippen LogP contribution < -0.4 is 5.32 Å². The molecule has 102 valence electrons. The highest BCUT2D eigenvalue weighted by Crippen LogP contribution is 2.28. The lowest BCUT2D eigenvalue weighted by Gasteiger charge is -2.32. The maximum atomic E-state index is 12.7. The molecule has 1 atom stereocenters. The van der Waals surface area contributed by atoms with Crippen LogP contribution in [0, 0.1) is 5.92 Å². The molecule has 0 radical (unpaired) electrons. The van der Waals surface area contributed by atoms with Crippen molar-refractivity contribution >= 4 is 11.6 Å². The van der Waals surface area contributed by atoms with Crippen LogP contribution >= 0.6 is 0 Å². The van der Waals surface area contributed by atoms with Gasteiger partial charge in [0.1, 0.15) is 0 Å². The fourth-order valence-corrected chi connectivity index (χ4v) is 3.23. The standard InChI is InChI=1S/C16H22N2O/c1-12-5-4-10-18(11-12)16(19)14-8-2-6-13-7-3-9-17-15(13)14/h2,6,8,12,17H,3-5,7,9-11H2,1H3. The van der Waals surface area contributed by atoms with Gasteiger partial charge in [-0.2, -0.15) is 0 Å². The van der Waals surface area contributed by atoms with E-state index in [-0.39, 0.29) is 5.91 Å². The zero-order valence-corrected chi connectivity index (χ0v) is 11.6. The zero-order valence-electron chi connectivity index (χ0n) is 11.6. The Labute approximate surface area is 115 Å². The molecule has 1 aromatic carbocycles. The molecular weight excluding hydrogens is 236 g/mol. The molecule has 3 nitrogen and oxygen atoms in total. The Morgan fingerprint density at radius 2 is 2.26 bits per heavy atom. The fourth-order valence-electron chi connectivity index (χ4n) is 3.23. The monoisotopic (exact) mass is 258 g/mol. The van der Waals surface area contributed by atoms with Crippen molar-refractivity contribution in [1.82, 2.24) is 4.90 Å². The number of piperidine rings is 1. The summed E-state index contributed by atoms with van der Waals surface area (Å²) < 4.78 is 0. The number of nitrogens with one attached hydrogen (secondary N) is 1. The van der Waals surface area contributed by atoms with E-state index in [9.17, 15) is 4.79 Å². The second-order valence-corrected chi connectivity index (χ2v) is 5.87. The Morgan fingerprint density at radius 3 is 3.11 bits per heavy atom. The Balaban J connectivity index is 1.87. The van der Waals surface area contributed by atoms with Gasteiger partial charge in [-0.15, -0.1) is 0 Å². The number of likely N-dealkylation sites (tertiary alicyclic amines) is 1. The zero-order chi connectivity index (χ0) is 13.2. The van der Waals surface area contributed by atoms with Crippen molar-refractivity contribution in [2.45, 2.75) is 32.6 Å². The maximum absolute atomic E-state index is 12.7. The molecule has 0 aliphatic carbocycles. The van der Waals surface area contributed by atoms with Crippen LogP contribution in [0.15, 0.2) is 18.2 Å². The van der Waals surface area contributed by atoms with Crippen LogP contribution in [0.3, 0.4) is 0 Å². The summed E-state index contributed by atoms with van der Waals surface area (Å²) in [6, 6.07) is 6.13. The first-order valence-corrected chi connectivity index (χ1v) is 7.41. The highest BCUT2D eigenvalue weighted by molar-refractivity contribution is 6.00. The molecule has 0 spiro atoms. The molecule has 1 N–H and O–H groups in total. The number of nitrogens with zero attached hydrogens (tertiary/aromatic N) is 1. The maximum Gasteiger partial charge on any atom is 0.255 e. The molecule has 1 fully saturated rings. The van der Waals surface area contributed by atoms with Crippen LogP contribution in [-0.2, 0) is 6.42 Å². The topological polar surface area (TPSA) is 32.3 Å². The number of para-hydroxylation sites is 1. The number of hydrogen-bond donors (Lipinski definition) is 1. The molecule has 2 aliphatic heterocycles. The minimum absolute atomic E-state index is 0.206. The number of hydrogen-bond acceptors (Lipinski definition) is 2. The number of carbonyl (C=O) groups is 1. The van der Waals surface area contributed by atoms with E-state index < -0.39 is 0 Å². The second-order valence-electron chi connectivity index (χ2n) is 5.87. The first-order chi connectivity index (χ1) is 9.25. The van der Waals surface area contributed by atoms with E-state index in [2.05, 4.69) is 18.3 Å². The summed E-state index contributed by atoms with van der Waals surface area (Å²) in [5.74, 6) is 0.836. The van der Waals surface area contributed by atoms with Gasteiger partial charge < -0.3 is 10.2 Å². The average molecular weight is 258 g/mol. The molecule has 1 amide bonds. The number of benzene rings is 1. The second kappa shape index (κ2) is 5.24. The van der Waals surface area contributed by atoms with Gasteiger partial charge in [-0.1, -0.05) is 19.1 Å². The molecule has 0 saturated carbocycles. The van der Waals surface area contributed by atoms with Gasteiger partial charge in [0.05, 0.1) is 11.3 Å². The van der Waals surface area contributed by atoms with Crippen LogP contribution in [0.1, 0.15) is 42.1 Å². The Bertz CT molecular complexity index is 484. The number of amides is 1. The van der Waals surface area contributed by atoms with E-state index >= 15 is 0 Å². The van der Waals surface area contributed by atoms with Crippen LogP contribution in [0.25, 0.3) is 0 Å². The van der Waals surface area contributed by atoms with Crippen molar-refractivity contribution in [3.8, 4) is 0 Å². The van der Waals surface area contributed by atoms with Crippen molar-refractivity contribution in [2.75, 3.05) is 25.0 Å². The molecule has 0 bridgehead atoms. The Hall–Kier alpha value is -1.51. The lowest BCUT2D eigenvalue weighted by Crippen LogP contribution is -2.39. The van der Waals surface area contributed by atoms with Crippen molar-refractivity contribution in [3.05, 3.63) is 29.3 Å². The predicted octanol–water partition coefficient (Wildman–Crippen LogP) is 2.92. The summed E-state index contributed by atoms with van der Waals surface area (Å²) in [5.41, 5.74) is 3.24. The summed E-state index contributed by atoms with van der Waals surface area (Å²) in [6.07, 6.45) is 4.62. The third-order valence-corrected chi connectivity index (χ3v) is 4.25. The smallest absolute Gasteiger partial charge is 0.255 e. The minimum atomic E-state index is 0.206. The minimum Gasteiger partial charge on any atom is -0.384 e. The number of rotatable bonds is 1. The van der Waals surface area contributed by atoms with Crippen molar-refractivity contribution in [3.63, 3.8) is 0 Å². The number of anilines is 1. The van der Waals surface area contributed by atoms with Gasteiger partial charge in [-0.3, -0.25) is 4.79 Å². The highest BCUT2D eigenvalue weighted by atomic mass is 16.2. The van der Waals surface area contributed by atoms with E-state index in [1.807, 2.05) is 17.0 Å². The number of carbonyl (C=O) groups excluding carboxylic acids is 1. The summed E-state index contributed by atoms with van der Waals surface area (Å²) in [4.78, 5) is 14.7. The van der Waals surface area contributed by atoms with Gasteiger partial charge in [-0.05, 0) is 43.2 Å². The van der Waals surface area contributed by atoms with Gasteiger partial charge >= 0.3 is 0 Å². The molecular formula is C16H22N2O. The number of fused-ring (bicyclic) bond motifs is 1. The SMILES string of the molecule is CC1CCCN(C(=O)c2cccc3c2NCCC3)C1. The molecule has 3 rings (SSSR count). The quantitative estimate of drug-likeness (QED) is 0.840. The summed E-state index contributed by atoms with van der Waals surface area (Å²) in [5, 5.41) is 3.41. The van der Waals surface area contributed by atoms with Gasteiger partial charge in [0.15, 0.2) is 0 Å². The van der Waals surface area contributed by atoms with Gasteiger partial charge in [0.25, 0.3) is 5.91 Å². The molecule has 19 heavy (non-hydrogen) atoms. The third kappa shape index (κ3) is 2.46. The van der Waals surface area contributed by atoms with Crippen LogP contribution in [0.5, 0.6) is 0 Å². The van der Waals surface area contributed by atoms with E-state index in [0.29, 0.717) is 5.92 Å². The fraction of sp³-hybridized carbons (Fsp3) is 0.562. The van der Waals surface area contributed by atoms with E-state index in [1.54, 1.807) is 0 Å².